The lowest BCUT2D eigenvalue weighted by molar-refractivity contribution is -0.0498. The molecule has 1 aromatic heterocycles. The van der Waals surface area contributed by atoms with Crippen LogP contribution in [-0.2, 0) is 19.3 Å². The van der Waals surface area contributed by atoms with Gasteiger partial charge in [0.15, 0.2) is 9.84 Å². The summed E-state index contributed by atoms with van der Waals surface area (Å²) in [6.07, 6.45) is 1.34. The predicted octanol–water partition coefficient (Wildman–Crippen LogP) is 2.71. The van der Waals surface area contributed by atoms with E-state index in [2.05, 4.69) is 5.10 Å². The van der Waals surface area contributed by atoms with Crippen molar-refractivity contribution in [2.45, 2.75) is 63.2 Å². The Morgan fingerprint density at radius 1 is 1.19 bits per heavy atom. The first-order chi connectivity index (χ1) is 14.8. The van der Waals surface area contributed by atoms with Crippen LogP contribution >= 0.6 is 0 Å². The number of ether oxygens (including phenoxy) is 2. The molecule has 176 valence electrons. The van der Waals surface area contributed by atoms with Crippen LogP contribution in [0.1, 0.15) is 52.5 Å². The van der Waals surface area contributed by atoms with E-state index in [9.17, 15) is 18.0 Å². The normalized spacial score (nSPS) is 16.7. The highest BCUT2D eigenvalue weighted by Crippen LogP contribution is 2.23. The third-order valence-electron chi connectivity index (χ3n) is 4.91. The average molecular weight is 468 g/mol. The van der Waals surface area contributed by atoms with Crippen LogP contribution < -0.4 is 5.76 Å². The molecule has 1 atom stereocenters. The van der Waals surface area contributed by atoms with Gasteiger partial charge in [-0.05, 0) is 64.8 Å². The quantitative estimate of drug-likeness (QED) is 0.658. The Balaban J connectivity index is 1.61. The van der Waals surface area contributed by atoms with Crippen LogP contribution in [0.25, 0.3) is 5.69 Å². The maximum atomic E-state index is 12.3. The van der Waals surface area contributed by atoms with Gasteiger partial charge in [-0.1, -0.05) is 0 Å². The van der Waals surface area contributed by atoms with Crippen LogP contribution in [0.5, 0.6) is 0 Å². The van der Waals surface area contributed by atoms with Gasteiger partial charge in [0.25, 0.3) is 0 Å². The van der Waals surface area contributed by atoms with E-state index in [1.807, 2.05) is 20.8 Å². The number of carbonyl (C=O) groups is 1. The molecule has 11 heteroatoms. The lowest BCUT2D eigenvalue weighted by Gasteiger charge is -2.34. The third kappa shape index (κ3) is 5.98. The van der Waals surface area contributed by atoms with Gasteiger partial charge in [-0.25, -0.2) is 18.0 Å². The summed E-state index contributed by atoms with van der Waals surface area (Å²) >= 11 is 0. The number of amides is 1. The fraction of sp³-hybridized carbons (Fsp3) is 0.571. The molecule has 2 aromatic rings. The smallest absolute Gasteiger partial charge is 0.442 e. The van der Waals surface area contributed by atoms with E-state index in [-0.39, 0.29) is 23.0 Å². The van der Waals surface area contributed by atoms with Crippen molar-refractivity contribution in [3.8, 4) is 5.69 Å². The summed E-state index contributed by atoms with van der Waals surface area (Å²) in [5.41, 5.74) is -0.157. The molecule has 0 radical (unpaired) electrons. The number of nitrogens with zero attached hydrogens (tertiary/aromatic N) is 3. The van der Waals surface area contributed by atoms with Crippen LogP contribution in [-0.4, -0.2) is 60.2 Å². The van der Waals surface area contributed by atoms with Gasteiger partial charge >= 0.3 is 11.8 Å². The summed E-state index contributed by atoms with van der Waals surface area (Å²) in [5, 5.41) is 4.20. The number of hydrogen-bond acceptors (Lipinski definition) is 8. The van der Waals surface area contributed by atoms with Gasteiger partial charge in [0.2, 0.25) is 5.89 Å². The minimum atomic E-state index is -3.34. The van der Waals surface area contributed by atoms with E-state index < -0.39 is 27.3 Å². The molecule has 0 N–H and O–H groups in total. The number of likely N-dealkylation sites (tertiary alicyclic amines) is 1. The van der Waals surface area contributed by atoms with E-state index in [0.717, 1.165) is 10.9 Å². The topological polar surface area (TPSA) is 121 Å². The predicted molar refractivity (Wildman–Crippen MR) is 116 cm³/mol. The van der Waals surface area contributed by atoms with Gasteiger partial charge in [-0.3, -0.25) is 0 Å². The van der Waals surface area contributed by atoms with Gasteiger partial charge in [0.1, 0.15) is 11.7 Å². The second-order valence-corrected chi connectivity index (χ2v) is 10.8. The molecule has 2 heterocycles. The van der Waals surface area contributed by atoms with Crippen LogP contribution in [0.2, 0.25) is 0 Å². The number of piperidine rings is 1. The van der Waals surface area contributed by atoms with E-state index >= 15 is 0 Å². The molecule has 1 amide bonds. The van der Waals surface area contributed by atoms with E-state index in [4.69, 9.17) is 13.9 Å². The highest BCUT2D eigenvalue weighted by molar-refractivity contribution is 7.90. The van der Waals surface area contributed by atoms with Gasteiger partial charge in [0.05, 0.1) is 16.7 Å². The van der Waals surface area contributed by atoms with Gasteiger partial charge < -0.3 is 18.8 Å². The lowest BCUT2D eigenvalue weighted by Crippen LogP contribution is -2.43. The fourth-order valence-corrected chi connectivity index (χ4v) is 3.93. The molecule has 1 aliphatic heterocycles. The fourth-order valence-electron chi connectivity index (χ4n) is 3.30. The first-order valence-electron chi connectivity index (χ1n) is 10.4. The Morgan fingerprint density at radius 3 is 2.31 bits per heavy atom. The molecule has 1 fully saturated rings. The van der Waals surface area contributed by atoms with E-state index in [1.165, 1.54) is 24.3 Å². The summed E-state index contributed by atoms with van der Waals surface area (Å²) < 4.78 is 40.9. The zero-order valence-corrected chi connectivity index (χ0v) is 19.7. The number of benzene rings is 1. The van der Waals surface area contributed by atoms with Gasteiger partial charge in [-0.15, -0.1) is 5.10 Å². The molecule has 0 saturated carbocycles. The molecule has 0 bridgehead atoms. The monoisotopic (exact) mass is 467 g/mol. The average Bonchev–Trinajstić information content (AvgIpc) is 3.08. The van der Waals surface area contributed by atoms with Gasteiger partial charge in [-0.2, -0.15) is 4.68 Å². The van der Waals surface area contributed by atoms with Crippen LogP contribution in [0.4, 0.5) is 4.79 Å². The second kappa shape index (κ2) is 9.07. The van der Waals surface area contributed by atoms with Gasteiger partial charge in [0, 0.05) is 19.3 Å². The number of aromatic nitrogens is 2. The molecule has 0 aliphatic carbocycles. The Bertz CT molecular complexity index is 1110. The largest absolute Gasteiger partial charge is 0.444 e. The lowest BCUT2D eigenvalue weighted by atomic mass is 10.1. The molecule has 3 rings (SSSR count). The van der Waals surface area contributed by atoms with E-state index in [0.29, 0.717) is 31.6 Å². The molecule has 1 unspecified atom stereocenters. The van der Waals surface area contributed by atoms with Crippen LogP contribution in [0, 0.1) is 0 Å². The van der Waals surface area contributed by atoms with Crippen molar-refractivity contribution in [3.63, 3.8) is 0 Å². The Labute approximate surface area is 187 Å². The second-order valence-electron chi connectivity index (χ2n) is 8.83. The number of carbonyl (C=O) groups excluding carboxylic acids is 1. The first-order valence-corrected chi connectivity index (χ1v) is 12.3. The van der Waals surface area contributed by atoms with Crippen molar-refractivity contribution in [1.82, 2.24) is 14.7 Å². The molecular weight excluding hydrogens is 438 g/mol. The zero-order chi connectivity index (χ0) is 23.7. The van der Waals surface area contributed by atoms with Crippen LogP contribution in [0.15, 0.2) is 38.4 Å². The molecule has 10 nitrogen and oxygen atoms in total. The number of hydrogen-bond donors (Lipinski definition) is 0. The summed E-state index contributed by atoms with van der Waals surface area (Å²) in [6, 6.07) is 5.79. The minimum absolute atomic E-state index is 0.117. The highest BCUT2D eigenvalue weighted by Gasteiger charge is 2.29. The zero-order valence-electron chi connectivity index (χ0n) is 18.9. The maximum absolute atomic E-state index is 12.3. The SMILES string of the molecule is CC(OC1CCN(C(=O)OC(C)(C)C)CC1)c1nn(-c2ccc(S(C)(=O)=O)cc2)c(=O)o1. The van der Waals surface area contributed by atoms with Crippen molar-refractivity contribution in [3.05, 3.63) is 40.7 Å². The van der Waals surface area contributed by atoms with Crippen molar-refractivity contribution in [1.29, 1.82) is 0 Å². The standard InChI is InChI=1S/C21H29N3O7S/c1-14(29-16-10-12-23(13-11-16)19(25)31-21(2,3)4)18-22-24(20(26)30-18)15-6-8-17(9-7-15)32(5,27)28/h6-9,14,16H,10-13H2,1-5H3. The molecule has 1 aromatic carbocycles. The summed E-state index contributed by atoms with van der Waals surface area (Å²) in [4.78, 5) is 26.2. The molecule has 0 spiro atoms. The molecular formula is C21H29N3O7S. The maximum Gasteiger partial charge on any atom is 0.442 e. The summed E-state index contributed by atoms with van der Waals surface area (Å²) in [6.45, 7) is 8.25. The van der Waals surface area contributed by atoms with Crippen molar-refractivity contribution >= 4 is 15.9 Å². The van der Waals surface area contributed by atoms with Crippen molar-refractivity contribution < 1.29 is 27.1 Å². The van der Waals surface area contributed by atoms with E-state index in [1.54, 1.807) is 11.8 Å². The Kier molecular flexibility index (Phi) is 6.80. The Hall–Kier alpha value is -2.66. The van der Waals surface area contributed by atoms with Crippen LogP contribution in [0.3, 0.4) is 0 Å². The number of sulfone groups is 1. The third-order valence-corrected chi connectivity index (χ3v) is 6.04. The molecule has 1 aliphatic rings. The molecule has 32 heavy (non-hydrogen) atoms. The summed E-state index contributed by atoms with van der Waals surface area (Å²) in [7, 11) is -3.34. The summed E-state index contributed by atoms with van der Waals surface area (Å²) in [5.74, 6) is -0.570. The first kappa shape index (κ1) is 24.0. The minimum Gasteiger partial charge on any atom is -0.444 e. The molecule has 1 saturated heterocycles. The van der Waals surface area contributed by atoms with Crippen molar-refractivity contribution in [2.75, 3.05) is 19.3 Å². The number of rotatable bonds is 5. The highest BCUT2D eigenvalue weighted by atomic mass is 32.2. The van der Waals surface area contributed by atoms with Crippen molar-refractivity contribution in [2.24, 2.45) is 0 Å². The Morgan fingerprint density at radius 2 is 1.78 bits per heavy atom.